The number of piperazine rings is 1. The highest BCUT2D eigenvalue weighted by molar-refractivity contribution is 7.88. The van der Waals surface area contributed by atoms with Crippen molar-refractivity contribution >= 4 is 33.2 Å². The number of hydrogen-bond donors (Lipinski definition) is 0. The van der Waals surface area contributed by atoms with Gasteiger partial charge in [0, 0.05) is 37.7 Å². The van der Waals surface area contributed by atoms with Gasteiger partial charge < -0.3 is 9.80 Å². The zero-order chi connectivity index (χ0) is 21.0. The molecular formula is C20H23ClFN3O3S. The van der Waals surface area contributed by atoms with Crippen molar-refractivity contribution in [3.63, 3.8) is 0 Å². The first-order valence-corrected chi connectivity index (χ1v) is 11.4. The normalized spacial score (nSPS) is 15.0. The standard InChI is InChI=1S/C20H23ClFN3O3S/c1-29(27,28)25(14-16-6-8-17(21)9-7-16)15-20(26)24-12-10-23(11-13-24)19-5-3-2-4-18(19)22/h2-9H,10-15H2,1H3. The maximum absolute atomic E-state index is 14.0. The zero-order valence-corrected chi connectivity index (χ0v) is 17.7. The first-order valence-electron chi connectivity index (χ1n) is 9.21. The summed E-state index contributed by atoms with van der Waals surface area (Å²) < 4.78 is 39.5. The second kappa shape index (κ2) is 9.11. The summed E-state index contributed by atoms with van der Waals surface area (Å²) in [5, 5.41) is 0.559. The minimum absolute atomic E-state index is 0.0942. The molecule has 1 fully saturated rings. The number of hydrogen-bond acceptors (Lipinski definition) is 4. The number of rotatable bonds is 6. The van der Waals surface area contributed by atoms with Gasteiger partial charge in [0.2, 0.25) is 15.9 Å². The lowest BCUT2D eigenvalue weighted by atomic mass is 10.2. The van der Waals surface area contributed by atoms with Crippen molar-refractivity contribution in [1.82, 2.24) is 9.21 Å². The number of nitrogens with zero attached hydrogens (tertiary/aromatic N) is 3. The predicted octanol–water partition coefficient (Wildman–Crippen LogP) is 2.59. The predicted molar refractivity (Wildman–Crippen MR) is 112 cm³/mol. The van der Waals surface area contributed by atoms with E-state index in [1.807, 2.05) is 4.90 Å². The average molecular weight is 440 g/mol. The summed E-state index contributed by atoms with van der Waals surface area (Å²) in [7, 11) is -3.57. The SMILES string of the molecule is CS(=O)(=O)N(CC(=O)N1CCN(c2ccccc2F)CC1)Cc1ccc(Cl)cc1. The van der Waals surface area contributed by atoms with E-state index in [0.29, 0.717) is 36.9 Å². The number of anilines is 1. The van der Waals surface area contributed by atoms with Gasteiger partial charge in [-0.15, -0.1) is 0 Å². The number of carbonyl (C=O) groups excluding carboxylic acids is 1. The largest absolute Gasteiger partial charge is 0.366 e. The molecule has 0 aliphatic carbocycles. The number of amides is 1. The van der Waals surface area contributed by atoms with Crippen LogP contribution < -0.4 is 4.90 Å². The molecule has 29 heavy (non-hydrogen) atoms. The molecule has 0 saturated carbocycles. The van der Waals surface area contributed by atoms with E-state index in [1.165, 1.54) is 6.07 Å². The van der Waals surface area contributed by atoms with Crippen LogP contribution in [0.5, 0.6) is 0 Å². The zero-order valence-electron chi connectivity index (χ0n) is 16.1. The minimum Gasteiger partial charge on any atom is -0.366 e. The molecule has 0 N–H and O–H groups in total. The Balaban J connectivity index is 1.62. The maximum atomic E-state index is 14.0. The van der Waals surface area contributed by atoms with Crippen LogP contribution in [-0.2, 0) is 21.4 Å². The van der Waals surface area contributed by atoms with Gasteiger partial charge in [0.25, 0.3) is 0 Å². The molecule has 0 aromatic heterocycles. The lowest BCUT2D eigenvalue weighted by Gasteiger charge is -2.37. The molecule has 2 aromatic rings. The van der Waals surface area contributed by atoms with Crippen molar-refractivity contribution < 1.29 is 17.6 Å². The molecule has 1 saturated heterocycles. The highest BCUT2D eigenvalue weighted by Crippen LogP contribution is 2.20. The molecule has 0 radical (unpaired) electrons. The minimum atomic E-state index is -3.57. The molecule has 1 heterocycles. The Kier molecular flexibility index (Phi) is 6.77. The van der Waals surface area contributed by atoms with Crippen LogP contribution in [0.2, 0.25) is 5.02 Å². The van der Waals surface area contributed by atoms with Crippen molar-refractivity contribution in [3.05, 3.63) is 64.9 Å². The second-order valence-corrected chi connectivity index (χ2v) is 9.40. The molecule has 2 aromatic carbocycles. The van der Waals surface area contributed by atoms with Crippen LogP contribution in [0.3, 0.4) is 0 Å². The summed E-state index contributed by atoms with van der Waals surface area (Å²) in [5.74, 6) is -0.559. The first-order chi connectivity index (χ1) is 13.7. The van der Waals surface area contributed by atoms with Crippen LogP contribution in [0.15, 0.2) is 48.5 Å². The van der Waals surface area contributed by atoms with E-state index in [2.05, 4.69) is 0 Å². The Hall–Kier alpha value is -2.16. The molecule has 6 nitrogen and oxygen atoms in total. The van der Waals surface area contributed by atoms with Gasteiger partial charge in [-0.2, -0.15) is 4.31 Å². The average Bonchev–Trinajstić information content (AvgIpc) is 2.69. The van der Waals surface area contributed by atoms with Crippen LogP contribution in [0.1, 0.15) is 5.56 Å². The topological polar surface area (TPSA) is 60.9 Å². The fourth-order valence-electron chi connectivity index (χ4n) is 3.24. The van der Waals surface area contributed by atoms with Crippen LogP contribution in [0.4, 0.5) is 10.1 Å². The van der Waals surface area contributed by atoms with Crippen molar-refractivity contribution in [2.24, 2.45) is 0 Å². The van der Waals surface area contributed by atoms with Crippen molar-refractivity contribution in [3.8, 4) is 0 Å². The molecule has 0 atom stereocenters. The highest BCUT2D eigenvalue weighted by atomic mass is 35.5. The summed E-state index contributed by atoms with van der Waals surface area (Å²) in [6.07, 6.45) is 1.09. The number of carbonyl (C=O) groups is 1. The van der Waals surface area contributed by atoms with Crippen LogP contribution >= 0.6 is 11.6 Å². The van der Waals surface area contributed by atoms with E-state index < -0.39 is 10.0 Å². The van der Waals surface area contributed by atoms with Gasteiger partial charge in [-0.1, -0.05) is 35.9 Å². The fourth-order valence-corrected chi connectivity index (χ4v) is 4.09. The van der Waals surface area contributed by atoms with Gasteiger partial charge in [-0.3, -0.25) is 4.79 Å². The molecule has 3 rings (SSSR count). The van der Waals surface area contributed by atoms with Gasteiger partial charge in [0.05, 0.1) is 18.5 Å². The van der Waals surface area contributed by atoms with Crippen molar-refractivity contribution in [2.45, 2.75) is 6.54 Å². The number of benzene rings is 2. The van der Waals surface area contributed by atoms with Crippen LogP contribution in [0.25, 0.3) is 0 Å². The number of sulfonamides is 1. The van der Waals surface area contributed by atoms with Crippen LogP contribution in [0, 0.1) is 5.82 Å². The van der Waals surface area contributed by atoms with Gasteiger partial charge >= 0.3 is 0 Å². The maximum Gasteiger partial charge on any atom is 0.238 e. The Morgan fingerprint density at radius 1 is 1.07 bits per heavy atom. The van der Waals surface area contributed by atoms with Gasteiger partial charge in [-0.25, -0.2) is 12.8 Å². The van der Waals surface area contributed by atoms with E-state index in [0.717, 1.165) is 16.1 Å². The van der Waals surface area contributed by atoms with Crippen molar-refractivity contribution in [1.29, 1.82) is 0 Å². The summed E-state index contributed by atoms with van der Waals surface area (Å²) >= 11 is 5.87. The highest BCUT2D eigenvalue weighted by Gasteiger charge is 2.27. The summed E-state index contributed by atoms with van der Waals surface area (Å²) in [6, 6.07) is 13.4. The Morgan fingerprint density at radius 2 is 1.69 bits per heavy atom. The van der Waals surface area contributed by atoms with Gasteiger partial charge in [0.15, 0.2) is 0 Å². The number of para-hydroxylation sites is 1. The quantitative estimate of drug-likeness (QED) is 0.694. The van der Waals surface area contributed by atoms with E-state index in [1.54, 1.807) is 47.4 Å². The van der Waals surface area contributed by atoms with E-state index in [9.17, 15) is 17.6 Å². The first kappa shape index (κ1) is 21.5. The Bertz CT molecular complexity index is 961. The summed E-state index contributed by atoms with van der Waals surface area (Å²) in [5.41, 5.74) is 1.26. The second-order valence-electron chi connectivity index (χ2n) is 6.98. The summed E-state index contributed by atoms with van der Waals surface area (Å²) in [4.78, 5) is 16.2. The molecule has 0 unspecified atom stereocenters. The third kappa shape index (κ3) is 5.68. The lowest BCUT2D eigenvalue weighted by molar-refractivity contribution is -0.131. The lowest BCUT2D eigenvalue weighted by Crippen LogP contribution is -2.51. The number of halogens is 2. The van der Waals surface area contributed by atoms with Gasteiger partial charge in [0.1, 0.15) is 5.82 Å². The van der Waals surface area contributed by atoms with E-state index in [4.69, 9.17) is 11.6 Å². The molecule has 0 spiro atoms. The smallest absolute Gasteiger partial charge is 0.238 e. The molecule has 1 aliphatic heterocycles. The van der Waals surface area contributed by atoms with Crippen molar-refractivity contribution in [2.75, 3.05) is 43.9 Å². The molecule has 1 aliphatic rings. The monoisotopic (exact) mass is 439 g/mol. The molecule has 1 amide bonds. The van der Waals surface area contributed by atoms with E-state index >= 15 is 0 Å². The fraction of sp³-hybridized carbons (Fsp3) is 0.350. The molecule has 0 bridgehead atoms. The molecule has 9 heteroatoms. The van der Waals surface area contributed by atoms with E-state index in [-0.39, 0.29) is 24.8 Å². The Labute approximate surface area is 175 Å². The molecule has 156 valence electrons. The Morgan fingerprint density at radius 3 is 2.28 bits per heavy atom. The third-order valence-electron chi connectivity index (χ3n) is 4.88. The molecular weight excluding hydrogens is 417 g/mol. The summed E-state index contributed by atoms with van der Waals surface area (Å²) in [6.45, 7) is 1.65. The third-order valence-corrected chi connectivity index (χ3v) is 6.33. The van der Waals surface area contributed by atoms with Gasteiger partial charge in [-0.05, 0) is 29.8 Å². The van der Waals surface area contributed by atoms with Crippen LogP contribution in [-0.4, -0.2) is 62.5 Å².